The first-order chi connectivity index (χ1) is 12.1. The average molecular weight is 376 g/mol. The molecule has 8 heteroatoms. The Kier molecular flexibility index (Phi) is 5.79. The van der Waals surface area contributed by atoms with Crippen LogP contribution < -0.4 is 10.5 Å². The molecule has 26 heavy (non-hydrogen) atoms. The molecule has 0 saturated heterocycles. The molecule has 2 aromatic carbocycles. The summed E-state index contributed by atoms with van der Waals surface area (Å²) >= 11 is 0. The van der Waals surface area contributed by atoms with Gasteiger partial charge >= 0.3 is 5.97 Å². The lowest BCUT2D eigenvalue weighted by molar-refractivity contribution is -0.123. The van der Waals surface area contributed by atoms with Gasteiger partial charge in [-0.05, 0) is 56.7 Å². The summed E-state index contributed by atoms with van der Waals surface area (Å²) in [6.07, 6.45) is -1.03. The molecular weight excluding hydrogens is 356 g/mol. The molecule has 0 aromatic heterocycles. The van der Waals surface area contributed by atoms with E-state index in [1.54, 1.807) is 19.1 Å². The van der Waals surface area contributed by atoms with Crippen LogP contribution in [0, 0.1) is 13.8 Å². The number of esters is 1. The van der Waals surface area contributed by atoms with Crippen molar-refractivity contribution in [3.8, 4) is 0 Å². The van der Waals surface area contributed by atoms with E-state index in [2.05, 4.69) is 5.32 Å². The van der Waals surface area contributed by atoms with Crippen molar-refractivity contribution in [3.63, 3.8) is 0 Å². The second kappa shape index (κ2) is 7.67. The molecule has 3 N–H and O–H groups in total. The standard InChI is InChI=1S/C18H20N2O5S/c1-11-4-9-16(12(2)10-11)18(22)25-13(3)17(21)20-14-5-7-15(8-6-14)26(19,23)24/h4-10,13H,1-3H3,(H,20,21)(H2,19,23,24). The summed E-state index contributed by atoms with van der Waals surface area (Å²) < 4.78 is 27.6. The molecule has 1 atom stereocenters. The first kappa shape index (κ1) is 19.6. The smallest absolute Gasteiger partial charge is 0.339 e. The van der Waals surface area contributed by atoms with Crippen molar-refractivity contribution in [3.05, 3.63) is 59.2 Å². The van der Waals surface area contributed by atoms with Crippen molar-refractivity contribution in [2.45, 2.75) is 31.8 Å². The molecule has 1 unspecified atom stereocenters. The van der Waals surface area contributed by atoms with Crippen LogP contribution in [0.4, 0.5) is 5.69 Å². The summed E-state index contributed by atoms with van der Waals surface area (Å²) in [5, 5.41) is 7.56. The normalized spacial score (nSPS) is 12.3. The number of ether oxygens (including phenoxy) is 1. The van der Waals surface area contributed by atoms with Gasteiger partial charge in [0.2, 0.25) is 10.0 Å². The van der Waals surface area contributed by atoms with Gasteiger partial charge in [0.15, 0.2) is 6.10 Å². The number of aryl methyl sites for hydroxylation is 2. The zero-order chi connectivity index (χ0) is 19.5. The van der Waals surface area contributed by atoms with E-state index in [1.807, 2.05) is 13.0 Å². The molecule has 0 fully saturated rings. The van der Waals surface area contributed by atoms with Crippen LogP contribution in [0.25, 0.3) is 0 Å². The third-order valence-corrected chi connectivity index (χ3v) is 4.63. The van der Waals surface area contributed by atoms with Crippen LogP contribution in [-0.2, 0) is 19.6 Å². The number of rotatable bonds is 5. The molecule has 0 aliphatic heterocycles. The summed E-state index contributed by atoms with van der Waals surface area (Å²) in [5.41, 5.74) is 2.54. The Balaban J connectivity index is 2.02. The number of anilines is 1. The summed E-state index contributed by atoms with van der Waals surface area (Å²) in [6, 6.07) is 10.7. The Morgan fingerprint density at radius 3 is 2.23 bits per heavy atom. The van der Waals surface area contributed by atoms with E-state index < -0.39 is 28.0 Å². The predicted molar refractivity (Wildman–Crippen MR) is 97.2 cm³/mol. The fraction of sp³-hybridized carbons (Fsp3) is 0.222. The highest BCUT2D eigenvalue weighted by Gasteiger charge is 2.20. The Morgan fingerprint density at radius 2 is 1.69 bits per heavy atom. The number of hydrogen-bond donors (Lipinski definition) is 2. The molecule has 7 nitrogen and oxygen atoms in total. The maximum Gasteiger partial charge on any atom is 0.339 e. The lowest BCUT2D eigenvalue weighted by atomic mass is 10.1. The summed E-state index contributed by atoms with van der Waals surface area (Å²) in [4.78, 5) is 24.3. The third kappa shape index (κ3) is 4.90. The van der Waals surface area contributed by atoms with Crippen LogP contribution in [0.5, 0.6) is 0 Å². The van der Waals surface area contributed by atoms with Gasteiger partial charge in [0.05, 0.1) is 10.5 Å². The predicted octanol–water partition coefficient (Wildman–Crippen LogP) is 2.13. The van der Waals surface area contributed by atoms with Crippen molar-refractivity contribution in [2.24, 2.45) is 5.14 Å². The summed E-state index contributed by atoms with van der Waals surface area (Å²) in [6.45, 7) is 5.16. The van der Waals surface area contributed by atoms with E-state index in [0.29, 0.717) is 11.3 Å². The molecule has 0 aliphatic carbocycles. The monoisotopic (exact) mass is 376 g/mol. The Morgan fingerprint density at radius 1 is 1.08 bits per heavy atom. The Labute approximate surface area is 152 Å². The van der Waals surface area contributed by atoms with Gasteiger partial charge in [-0.15, -0.1) is 0 Å². The SMILES string of the molecule is Cc1ccc(C(=O)OC(C)C(=O)Nc2ccc(S(N)(=O)=O)cc2)c(C)c1. The Hall–Kier alpha value is -2.71. The van der Waals surface area contributed by atoms with Gasteiger partial charge in [-0.1, -0.05) is 17.7 Å². The zero-order valence-corrected chi connectivity index (χ0v) is 15.5. The maximum atomic E-state index is 12.2. The highest BCUT2D eigenvalue weighted by molar-refractivity contribution is 7.89. The van der Waals surface area contributed by atoms with Gasteiger partial charge in [0, 0.05) is 5.69 Å². The number of benzene rings is 2. The topological polar surface area (TPSA) is 116 Å². The van der Waals surface area contributed by atoms with Crippen LogP contribution in [0.2, 0.25) is 0 Å². The van der Waals surface area contributed by atoms with E-state index in [9.17, 15) is 18.0 Å². The average Bonchev–Trinajstić information content (AvgIpc) is 2.54. The van der Waals surface area contributed by atoms with Crippen LogP contribution in [0.3, 0.4) is 0 Å². The molecule has 0 spiro atoms. The van der Waals surface area contributed by atoms with Gasteiger partial charge in [0.25, 0.3) is 5.91 Å². The fourth-order valence-electron chi connectivity index (χ4n) is 2.29. The van der Waals surface area contributed by atoms with E-state index in [0.717, 1.165) is 11.1 Å². The molecule has 2 aromatic rings. The lowest BCUT2D eigenvalue weighted by Crippen LogP contribution is -2.30. The van der Waals surface area contributed by atoms with Crippen molar-refractivity contribution < 1.29 is 22.7 Å². The number of nitrogens with one attached hydrogen (secondary N) is 1. The first-order valence-electron chi connectivity index (χ1n) is 7.80. The lowest BCUT2D eigenvalue weighted by Gasteiger charge is -2.14. The molecular formula is C18H20N2O5S. The molecule has 1 amide bonds. The van der Waals surface area contributed by atoms with E-state index in [1.165, 1.54) is 31.2 Å². The molecule has 0 saturated carbocycles. The molecule has 0 aliphatic rings. The van der Waals surface area contributed by atoms with Crippen molar-refractivity contribution >= 4 is 27.6 Å². The highest BCUT2D eigenvalue weighted by atomic mass is 32.2. The van der Waals surface area contributed by atoms with E-state index in [-0.39, 0.29) is 4.90 Å². The van der Waals surface area contributed by atoms with Gasteiger partial charge in [-0.2, -0.15) is 0 Å². The molecule has 0 radical (unpaired) electrons. The minimum absolute atomic E-state index is 0.0650. The zero-order valence-electron chi connectivity index (χ0n) is 14.6. The van der Waals surface area contributed by atoms with Crippen LogP contribution in [0.1, 0.15) is 28.4 Å². The molecule has 0 heterocycles. The first-order valence-corrected chi connectivity index (χ1v) is 9.34. The Bertz CT molecular complexity index is 937. The highest BCUT2D eigenvalue weighted by Crippen LogP contribution is 2.15. The van der Waals surface area contributed by atoms with Crippen molar-refractivity contribution in [1.29, 1.82) is 0 Å². The van der Waals surface area contributed by atoms with Crippen molar-refractivity contribution in [2.75, 3.05) is 5.32 Å². The number of primary sulfonamides is 1. The number of carbonyl (C=O) groups is 2. The van der Waals surface area contributed by atoms with E-state index in [4.69, 9.17) is 9.88 Å². The minimum Gasteiger partial charge on any atom is -0.449 e. The molecule has 0 bridgehead atoms. The second-order valence-corrected chi connectivity index (χ2v) is 7.49. The number of carbonyl (C=O) groups excluding carboxylic acids is 2. The molecule has 138 valence electrons. The van der Waals surface area contributed by atoms with Crippen LogP contribution in [0.15, 0.2) is 47.4 Å². The van der Waals surface area contributed by atoms with Crippen LogP contribution in [-0.4, -0.2) is 26.4 Å². The maximum absolute atomic E-state index is 12.2. The van der Waals surface area contributed by atoms with E-state index >= 15 is 0 Å². The number of hydrogen-bond acceptors (Lipinski definition) is 5. The van der Waals surface area contributed by atoms with Crippen molar-refractivity contribution in [1.82, 2.24) is 0 Å². The number of nitrogens with two attached hydrogens (primary N) is 1. The third-order valence-electron chi connectivity index (χ3n) is 3.71. The fourth-order valence-corrected chi connectivity index (χ4v) is 2.81. The summed E-state index contributed by atoms with van der Waals surface area (Å²) in [7, 11) is -3.80. The van der Waals surface area contributed by atoms with Gasteiger partial charge in [-0.25, -0.2) is 18.4 Å². The second-order valence-electron chi connectivity index (χ2n) is 5.92. The van der Waals surface area contributed by atoms with Gasteiger partial charge in [-0.3, -0.25) is 4.79 Å². The quantitative estimate of drug-likeness (QED) is 0.776. The minimum atomic E-state index is -3.80. The van der Waals surface area contributed by atoms with Gasteiger partial charge in [0.1, 0.15) is 0 Å². The summed E-state index contributed by atoms with van der Waals surface area (Å²) in [5.74, 6) is -1.12. The van der Waals surface area contributed by atoms with Crippen LogP contribution >= 0.6 is 0 Å². The molecule has 2 rings (SSSR count). The number of sulfonamides is 1. The largest absolute Gasteiger partial charge is 0.449 e. The van der Waals surface area contributed by atoms with Gasteiger partial charge < -0.3 is 10.1 Å². The number of amides is 1.